The fraction of sp³-hybridized carbons (Fsp3) is 0.667. The first kappa shape index (κ1) is 84.8. The molecule has 4 aliphatic heterocycles. The monoisotopic (exact) mass is 1590 g/mol. The number of hydrogen-bond acceptors (Lipinski definition) is 20. The maximum absolute atomic E-state index is 14.9. The summed E-state index contributed by atoms with van der Waals surface area (Å²) in [6, 6.07) is 11.4. The second-order valence-corrected chi connectivity index (χ2v) is 41.2. The fourth-order valence-corrected chi connectivity index (χ4v) is 19.5. The van der Waals surface area contributed by atoms with Crippen LogP contribution in [0.5, 0.6) is 11.8 Å². The molecule has 14 atom stereocenters. The lowest BCUT2D eigenvalue weighted by molar-refractivity contribution is -0.160. The molecule has 6 heterocycles. The van der Waals surface area contributed by atoms with Gasteiger partial charge in [0, 0.05) is 25.7 Å². The molecule has 612 valence electrons. The summed E-state index contributed by atoms with van der Waals surface area (Å²) in [5, 5.41) is 11.0. The normalized spacial score (nSPS) is 30.1. The number of ketones is 2. The number of carbonyl (C=O) groups is 8. The molecule has 4 aromatic rings. The van der Waals surface area contributed by atoms with Crippen molar-refractivity contribution in [2.45, 2.75) is 283 Å². The number of hydrogen-bond donors (Lipinski definition) is 2. The molecule has 2 saturated heterocycles. The lowest BCUT2D eigenvalue weighted by Crippen LogP contribution is -2.48. The van der Waals surface area contributed by atoms with Crippen LogP contribution in [0.2, 0.25) is 0 Å². The molecule has 0 radical (unpaired) electrons. The van der Waals surface area contributed by atoms with Gasteiger partial charge in [0.25, 0.3) is 11.1 Å². The van der Waals surface area contributed by atoms with Gasteiger partial charge in [-0.1, -0.05) is 76.3 Å². The minimum Gasteiger partial charge on any atom is -0.471 e. The Hall–Kier alpha value is -8.14. The van der Waals surface area contributed by atoms with E-state index in [0.29, 0.717) is 85.8 Å². The summed E-state index contributed by atoms with van der Waals surface area (Å²) in [5.74, 6) is -5.99. The number of rotatable bonds is 16. The Morgan fingerprint density at radius 2 is 0.866 bits per heavy atom. The van der Waals surface area contributed by atoms with Crippen LogP contribution in [0.3, 0.4) is 0 Å². The van der Waals surface area contributed by atoms with Crippen molar-refractivity contribution >= 4 is 88.7 Å². The molecule has 4 saturated carbocycles. The van der Waals surface area contributed by atoms with Gasteiger partial charge in [-0.2, -0.15) is 0 Å². The van der Waals surface area contributed by atoms with Crippen LogP contribution in [0.4, 0.5) is 0 Å². The maximum atomic E-state index is 14.9. The van der Waals surface area contributed by atoms with E-state index in [1.807, 2.05) is 65.8 Å². The smallest absolute Gasteiger partial charge is 0.307 e. The molecule has 112 heavy (non-hydrogen) atoms. The van der Waals surface area contributed by atoms with Gasteiger partial charge in [-0.3, -0.25) is 57.4 Å². The number of nitrogens with one attached hydrogen (secondary N) is 2. The molecule has 26 nitrogen and oxygen atoms in total. The van der Waals surface area contributed by atoms with Crippen molar-refractivity contribution in [2.24, 2.45) is 58.2 Å². The topological polar surface area (TPSA) is 342 Å². The van der Waals surface area contributed by atoms with Gasteiger partial charge in [0.1, 0.15) is 23.4 Å². The molecule has 2 aromatic carbocycles. The lowest BCUT2D eigenvalue weighted by atomic mass is 9.82. The van der Waals surface area contributed by atoms with Gasteiger partial charge in [-0.15, -0.1) is 10.2 Å². The van der Waals surface area contributed by atoms with E-state index < -0.39 is 111 Å². The largest absolute Gasteiger partial charge is 0.471 e. The van der Waals surface area contributed by atoms with Gasteiger partial charge in [0.05, 0.1) is 104 Å². The first-order valence-electron chi connectivity index (χ1n) is 40.2. The van der Waals surface area contributed by atoms with Gasteiger partial charge in [-0.25, -0.2) is 26.2 Å². The van der Waals surface area contributed by atoms with Crippen LogP contribution in [0.25, 0.3) is 21.5 Å². The van der Waals surface area contributed by atoms with Gasteiger partial charge in [-0.05, 0) is 220 Å². The summed E-state index contributed by atoms with van der Waals surface area (Å²) in [4.78, 5) is 143. The van der Waals surface area contributed by atoms with Crippen LogP contribution >= 0.6 is 0 Å². The van der Waals surface area contributed by atoms with Gasteiger partial charge in [0.2, 0.25) is 55.4 Å². The number of allylic oxidation sites excluding steroid dienone is 4. The van der Waals surface area contributed by atoms with Crippen molar-refractivity contribution in [3.05, 3.63) is 93.5 Å². The minimum atomic E-state index is -3.97. The first-order valence-corrected chi connectivity index (χ1v) is 43.2. The number of amides is 4. The fourth-order valence-electron chi connectivity index (χ4n) is 16.8. The van der Waals surface area contributed by atoms with Crippen LogP contribution in [-0.4, -0.2) is 151 Å². The number of aromatic nitrogens is 4. The second-order valence-electron chi connectivity index (χ2n) is 36.8. The summed E-state index contributed by atoms with van der Waals surface area (Å²) < 4.78 is 82.8. The number of sulfonamides is 2. The third-order valence-corrected chi connectivity index (χ3v) is 28.6. The Morgan fingerprint density at radius 1 is 0.527 bits per heavy atom. The van der Waals surface area contributed by atoms with Gasteiger partial charge >= 0.3 is 11.9 Å². The average Bonchev–Trinajstić information content (AvgIpc) is 1.56. The van der Waals surface area contributed by atoms with Crippen LogP contribution in [0.1, 0.15) is 238 Å². The van der Waals surface area contributed by atoms with E-state index in [-0.39, 0.29) is 145 Å². The zero-order valence-corrected chi connectivity index (χ0v) is 69.6. The van der Waals surface area contributed by atoms with E-state index in [4.69, 9.17) is 18.9 Å². The van der Waals surface area contributed by atoms with Crippen molar-refractivity contribution in [1.29, 1.82) is 0 Å². The number of esters is 2. The van der Waals surface area contributed by atoms with Gasteiger partial charge in [0.15, 0.2) is 11.6 Å². The molecule has 4 amide bonds. The van der Waals surface area contributed by atoms with Crippen molar-refractivity contribution in [3.8, 4) is 11.8 Å². The molecule has 28 heteroatoms. The number of carbonyl (C=O) groups excluding carboxylic acids is 8. The van der Waals surface area contributed by atoms with Crippen LogP contribution in [0, 0.1) is 58.2 Å². The van der Waals surface area contributed by atoms with Crippen LogP contribution in [-0.2, 0) is 67.9 Å². The standard InChI is InChI=1S/2C42H58N4O9S/c2*1-25(2)46-38(50)31-16-12-11-15-30(31)36(43-46)54-29-20-33-34(47)23-42(39(51)44-56(52,53)41(8)17-18-41)22-28(42)14-10-9-13-26(3)19-27(4)32(37(49)45(33)24-29)21-35(48)55-40(5,6)7/h2*10-12,14-16,25-29,32-33H,9,13,17-24H2,1-8H3,(H,44,51)/b2*14-10-/t26-,27+,28+,29+,32-,33-,42+;26-,27-,28-,29-,32+,33+,42-/m01/s1. The molecular formula is C84H116N8O18S2. The minimum absolute atomic E-state index is 0.00555. The Bertz CT molecular complexity index is 4460. The molecule has 0 bridgehead atoms. The second kappa shape index (κ2) is 32.3. The molecule has 0 spiro atoms. The SMILES string of the molecule is CC(C)n1nc(O[C@@H]2C[C@H]3C(=O)C[C@]4(C(=O)NS(=O)(=O)C5(C)CC5)C[C@H]4/C=C\CC[C@@H](C)C[C@@H](C)[C@H](CC(=O)OC(C)(C)C)C(=O)N3C2)c2ccccc2c1=O.CC(C)n1nc(O[C@@H]2C[C@H]3C(=O)C[C@]4(C(=O)NS(=O)(=O)C5(C)CC5)C[C@H]4/C=C\CC[C@H](C)C[C@@H](C)[C@H](CC(=O)OC(C)(C)C)C(=O)N3C2)c2ccccc2c1=O. The molecule has 8 aliphatic rings. The summed E-state index contributed by atoms with van der Waals surface area (Å²) in [6.45, 7) is 29.3. The first-order chi connectivity index (χ1) is 52.3. The number of Topliss-reactive ketones (excluding diaryl/α,β-unsaturated/α-hetero) is 2. The number of benzene rings is 2. The third-order valence-electron chi connectivity index (χ3n) is 24.3. The van der Waals surface area contributed by atoms with Crippen LogP contribution < -0.4 is 30.0 Å². The molecule has 12 rings (SSSR count). The van der Waals surface area contributed by atoms with Crippen molar-refractivity contribution in [2.75, 3.05) is 13.1 Å². The highest BCUT2D eigenvalue weighted by molar-refractivity contribution is 7.92. The maximum Gasteiger partial charge on any atom is 0.307 e. The molecule has 6 fully saturated rings. The summed E-state index contributed by atoms with van der Waals surface area (Å²) in [5.41, 5.74) is -4.66. The Morgan fingerprint density at radius 3 is 1.19 bits per heavy atom. The van der Waals surface area contributed by atoms with E-state index in [0.717, 1.165) is 12.8 Å². The zero-order chi connectivity index (χ0) is 81.9. The van der Waals surface area contributed by atoms with Crippen molar-refractivity contribution < 1.29 is 74.1 Å². The number of nitrogens with zero attached hydrogens (tertiary/aromatic N) is 6. The summed E-state index contributed by atoms with van der Waals surface area (Å²) >= 11 is 0. The quantitative estimate of drug-likeness (QED) is 0.0777. The highest BCUT2D eigenvalue weighted by atomic mass is 32.2. The van der Waals surface area contributed by atoms with Crippen molar-refractivity contribution in [3.63, 3.8) is 0 Å². The summed E-state index contributed by atoms with van der Waals surface area (Å²) in [7, 11) is -7.94. The highest BCUT2D eigenvalue weighted by Crippen LogP contribution is 2.59. The number of fused-ring (bicyclic) bond motifs is 6. The molecule has 2 aromatic heterocycles. The molecule has 4 aliphatic carbocycles. The Balaban J connectivity index is 0.000000221. The lowest BCUT2D eigenvalue weighted by Gasteiger charge is -2.32. The van der Waals surface area contributed by atoms with Crippen LogP contribution in [0.15, 0.2) is 82.4 Å². The van der Waals surface area contributed by atoms with E-state index >= 15 is 0 Å². The third kappa shape index (κ3) is 18.6. The highest BCUT2D eigenvalue weighted by Gasteiger charge is 2.65. The predicted molar refractivity (Wildman–Crippen MR) is 422 cm³/mol. The van der Waals surface area contributed by atoms with Gasteiger partial charge < -0.3 is 28.7 Å². The molecular weight excluding hydrogens is 1470 g/mol. The molecule has 2 N–H and O–H groups in total. The Labute approximate surface area is 658 Å². The zero-order valence-electron chi connectivity index (χ0n) is 68.0. The van der Waals surface area contributed by atoms with E-state index in [1.165, 1.54) is 19.2 Å². The van der Waals surface area contributed by atoms with E-state index in [1.54, 1.807) is 104 Å². The van der Waals surface area contributed by atoms with Crippen molar-refractivity contribution in [1.82, 2.24) is 38.8 Å². The molecule has 0 unspecified atom stereocenters. The Kier molecular flexibility index (Phi) is 24.4. The van der Waals surface area contributed by atoms with E-state index in [2.05, 4.69) is 33.5 Å². The average molecular weight is 1590 g/mol. The van der Waals surface area contributed by atoms with E-state index in [9.17, 15) is 64.8 Å². The predicted octanol–water partition coefficient (Wildman–Crippen LogP) is 11.3. The summed E-state index contributed by atoms with van der Waals surface area (Å²) in [6.07, 6.45) is 12.4. The number of ether oxygens (including phenoxy) is 4.